The summed E-state index contributed by atoms with van der Waals surface area (Å²) in [5.74, 6) is 0. The smallest absolute Gasteiger partial charge is 0.0582 e. The lowest BCUT2D eigenvalue weighted by Gasteiger charge is -2.05. The molecule has 0 bridgehead atoms. The lowest BCUT2D eigenvalue weighted by Crippen LogP contribution is -2.24. The largest absolute Gasteiger partial charge is 0.395 e. The van der Waals surface area contributed by atoms with Gasteiger partial charge < -0.3 is 16.6 Å². The van der Waals surface area contributed by atoms with Gasteiger partial charge in [-0.25, -0.2) is 0 Å². The second-order valence-corrected chi connectivity index (χ2v) is 2.23. The molecule has 0 aliphatic heterocycles. The van der Waals surface area contributed by atoms with Crippen molar-refractivity contribution >= 4 is 0 Å². The van der Waals surface area contributed by atoms with E-state index in [0.29, 0.717) is 0 Å². The standard InChI is InChI=1S/C6H16N2O/c7-4-2-1-3-6(8)5-9/h6,9H,1-5,7-8H2/t6-/m1/s1. The van der Waals surface area contributed by atoms with Crippen molar-refractivity contribution in [1.82, 2.24) is 0 Å². The Hall–Kier alpha value is -0.120. The van der Waals surface area contributed by atoms with E-state index in [1.165, 1.54) is 0 Å². The molecule has 0 aliphatic carbocycles. The summed E-state index contributed by atoms with van der Waals surface area (Å²) in [6, 6.07) is -0.0449. The molecule has 0 unspecified atom stereocenters. The quantitative estimate of drug-likeness (QED) is 0.439. The molecule has 0 saturated heterocycles. The molecule has 0 radical (unpaired) electrons. The summed E-state index contributed by atoms with van der Waals surface area (Å²) < 4.78 is 0. The van der Waals surface area contributed by atoms with Gasteiger partial charge in [-0.2, -0.15) is 0 Å². The van der Waals surface area contributed by atoms with Gasteiger partial charge in [-0.1, -0.05) is 6.42 Å². The summed E-state index contributed by atoms with van der Waals surface area (Å²) in [5, 5.41) is 8.48. The Morgan fingerprint density at radius 3 is 2.44 bits per heavy atom. The van der Waals surface area contributed by atoms with Crippen LogP contribution in [0.1, 0.15) is 19.3 Å². The monoisotopic (exact) mass is 132 g/mol. The molecule has 0 aliphatic rings. The highest BCUT2D eigenvalue weighted by Crippen LogP contribution is 1.95. The van der Waals surface area contributed by atoms with Crippen LogP contribution in [0.2, 0.25) is 0 Å². The normalized spacial score (nSPS) is 13.7. The van der Waals surface area contributed by atoms with Gasteiger partial charge >= 0.3 is 0 Å². The predicted molar refractivity (Wildman–Crippen MR) is 38.0 cm³/mol. The minimum atomic E-state index is -0.0449. The molecular formula is C6H16N2O. The van der Waals surface area contributed by atoms with Gasteiger partial charge in [-0.05, 0) is 19.4 Å². The molecule has 0 fully saturated rings. The fourth-order valence-corrected chi connectivity index (χ4v) is 0.642. The third-order valence-corrected chi connectivity index (χ3v) is 1.26. The van der Waals surface area contributed by atoms with Crippen molar-refractivity contribution in [3.8, 4) is 0 Å². The zero-order valence-electron chi connectivity index (χ0n) is 5.71. The fourth-order valence-electron chi connectivity index (χ4n) is 0.642. The van der Waals surface area contributed by atoms with Crippen molar-refractivity contribution < 1.29 is 5.11 Å². The Balaban J connectivity index is 2.88. The Morgan fingerprint density at radius 2 is 2.00 bits per heavy atom. The Kier molecular flexibility index (Phi) is 5.93. The van der Waals surface area contributed by atoms with Crippen molar-refractivity contribution in [3.05, 3.63) is 0 Å². The summed E-state index contributed by atoms with van der Waals surface area (Å²) in [7, 11) is 0. The first-order valence-corrected chi connectivity index (χ1v) is 3.37. The van der Waals surface area contributed by atoms with E-state index in [4.69, 9.17) is 16.6 Å². The van der Waals surface area contributed by atoms with Gasteiger partial charge in [0, 0.05) is 6.04 Å². The molecule has 0 spiro atoms. The molecule has 0 aromatic rings. The molecule has 1 atom stereocenters. The van der Waals surface area contributed by atoms with Gasteiger partial charge in [0.1, 0.15) is 0 Å². The number of unbranched alkanes of at least 4 members (excludes halogenated alkanes) is 1. The molecule has 0 saturated carbocycles. The van der Waals surface area contributed by atoms with E-state index in [1.54, 1.807) is 0 Å². The topological polar surface area (TPSA) is 72.3 Å². The van der Waals surface area contributed by atoms with Gasteiger partial charge in [0.25, 0.3) is 0 Å². The van der Waals surface area contributed by atoms with E-state index in [1.807, 2.05) is 0 Å². The molecule has 0 aromatic carbocycles. The third kappa shape index (κ3) is 5.76. The van der Waals surface area contributed by atoms with Gasteiger partial charge in [-0.15, -0.1) is 0 Å². The molecule has 5 N–H and O–H groups in total. The first kappa shape index (κ1) is 8.88. The van der Waals surface area contributed by atoms with Crippen molar-refractivity contribution in [3.63, 3.8) is 0 Å². The first-order chi connectivity index (χ1) is 4.31. The lowest BCUT2D eigenvalue weighted by atomic mass is 10.1. The molecule has 0 heterocycles. The molecule has 0 rings (SSSR count). The molecule has 3 heteroatoms. The SMILES string of the molecule is NCCCC[C@@H](N)CO. The first-order valence-electron chi connectivity index (χ1n) is 3.37. The zero-order valence-corrected chi connectivity index (χ0v) is 5.71. The van der Waals surface area contributed by atoms with Crippen LogP contribution in [-0.2, 0) is 0 Å². The minimum Gasteiger partial charge on any atom is -0.395 e. The van der Waals surface area contributed by atoms with Crippen molar-refractivity contribution in [1.29, 1.82) is 0 Å². The molecule has 0 amide bonds. The van der Waals surface area contributed by atoms with Gasteiger partial charge in [0.15, 0.2) is 0 Å². The average Bonchev–Trinajstić information content (AvgIpc) is 1.89. The van der Waals surface area contributed by atoms with Crippen LogP contribution in [0.4, 0.5) is 0 Å². The van der Waals surface area contributed by atoms with E-state index in [-0.39, 0.29) is 12.6 Å². The molecule has 3 nitrogen and oxygen atoms in total. The zero-order chi connectivity index (χ0) is 7.11. The molecule has 9 heavy (non-hydrogen) atoms. The van der Waals surface area contributed by atoms with Gasteiger partial charge in [0.2, 0.25) is 0 Å². The highest BCUT2D eigenvalue weighted by atomic mass is 16.3. The maximum absolute atomic E-state index is 8.48. The average molecular weight is 132 g/mol. The molecule has 0 aromatic heterocycles. The summed E-state index contributed by atoms with van der Waals surface area (Å²) in [4.78, 5) is 0. The second-order valence-electron chi connectivity index (χ2n) is 2.23. The summed E-state index contributed by atoms with van der Waals surface area (Å²) in [6.45, 7) is 0.808. The van der Waals surface area contributed by atoms with Crippen molar-refractivity contribution in [2.45, 2.75) is 25.3 Å². The number of hydrogen-bond acceptors (Lipinski definition) is 3. The highest BCUT2D eigenvalue weighted by molar-refractivity contribution is 4.57. The lowest BCUT2D eigenvalue weighted by molar-refractivity contribution is 0.258. The van der Waals surface area contributed by atoms with E-state index in [0.717, 1.165) is 25.8 Å². The van der Waals surface area contributed by atoms with E-state index in [2.05, 4.69) is 0 Å². The van der Waals surface area contributed by atoms with Crippen LogP contribution in [0.25, 0.3) is 0 Å². The number of aliphatic hydroxyl groups is 1. The van der Waals surface area contributed by atoms with Crippen molar-refractivity contribution in [2.75, 3.05) is 13.2 Å². The number of aliphatic hydroxyl groups excluding tert-OH is 1. The molecule has 56 valence electrons. The number of hydrogen-bond donors (Lipinski definition) is 3. The minimum absolute atomic E-state index is 0.0449. The van der Waals surface area contributed by atoms with Crippen LogP contribution in [0, 0.1) is 0 Å². The summed E-state index contributed by atoms with van der Waals surface area (Å²) in [6.07, 6.45) is 2.92. The van der Waals surface area contributed by atoms with E-state index >= 15 is 0 Å². The van der Waals surface area contributed by atoms with Gasteiger partial charge in [0.05, 0.1) is 6.61 Å². The van der Waals surface area contributed by atoms with Crippen molar-refractivity contribution in [2.24, 2.45) is 11.5 Å². The molecular weight excluding hydrogens is 116 g/mol. The van der Waals surface area contributed by atoms with Crippen LogP contribution in [-0.4, -0.2) is 24.3 Å². The third-order valence-electron chi connectivity index (χ3n) is 1.26. The van der Waals surface area contributed by atoms with Gasteiger partial charge in [-0.3, -0.25) is 0 Å². The number of rotatable bonds is 5. The highest BCUT2D eigenvalue weighted by Gasteiger charge is 1.97. The van der Waals surface area contributed by atoms with Crippen LogP contribution in [0.3, 0.4) is 0 Å². The Labute approximate surface area is 56.0 Å². The summed E-state index contributed by atoms with van der Waals surface area (Å²) in [5.41, 5.74) is 10.7. The summed E-state index contributed by atoms with van der Waals surface area (Å²) >= 11 is 0. The van der Waals surface area contributed by atoms with Crippen LogP contribution < -0.4 is 11.5 Å². The Bertz CT molecular complexity index is 59.0. The maximum atomic E-state index is 8.48. The fraction of sp³-hybridized carbons (Fsp3) is 1.00. The number of nitrogens with two attached hydrogens (primary N) is 2. The van der Waals surface area contributed by atoms with Crippen LogP contribution in [0.15, 0.2) is 0 Å². The van der Waals surface area contributed by atoms with Crippen LogP contribution >= 0.6 is 0 Å². The Morgan fingerprint density at radius 1 is 1.33 bits per heavy atom. The maximum Gasteiger partial charge on any atom is 0.0582 e. The second kappa shape index (κ2) is 6.01. The van der Waals surface area contributed by atoms with E-state index < -0.39 is 0 Å². The predicted octanol–water partition coefficient (Wildman–Crippen LogP) is -0.565. The van der Waals surface area contributed by atoms with Crippen LogP contribution in [0.5, 0.6) is 0 Å². The van der Waals surface area contributed by atoms with E-state index in [9.17, 15) is 0 Å².